The molecule has 30 heavy (non-hydrogen) atoms. The molecule has 1 heterocycles. The molecular formula is C27H19N3. The number of nitrogens with zero attached hydrogens (tertiary/aromatic N) is 3. The predicted octanol–water partition coefficient (Wildman–Crippen LogP) is 6.69. The van der Waals surface area contributed by atoms with Crippen LogP contribution in [0, 0.1) is 11.3 Å². The minimum absolute atomic E-state index is 0.412. The van der Waals surface area contributed by atoms with Crippen molar-refractivity contribution in [3.63, 3.8) is 0 Å². The molecule has 0 fully saturated rings. The molecule has 0 atom stereocenters. The van der Waals surface area contributed by atoms with Gasteiger partial charge in [-0.15, -0.1) is 0 Å². The van der Waals surface area contributed by atoms with Crippen LogP contribution in [0.25, 0.3) is 38.4 Å². The fraction of sp³-hybridized carbons (Fsp3) is 0.0741. The van der Waals surface area contributed by atoms with Gasteiger partial charge >= 0.3 is 0 Å². The van der Waals surface area contributed by atoms with Crippen molar-refractivity contribution in [3.05, 3.63) is 95.8 Å². The van der Waals surface area contributed by atoms with Crippen molar-refractivity contribution in [1.29, 1.82) is 5.26 Å². The van der Waals surface area contributed by atoms with Gasteiger partial charge in [0.05, 0.1) is 11.4 Å². The normalized spacial score (nSPS) is 13.8. The third-order valence-corrected chi connectivity index (χ3v) is 5.62. The molecule has 1 aliphatic carbocycles. The maximum Gasteiger partial charge on any atom is 0.139 e. The molecule has 0 spiro atoms. The van der Waals surface area contributed by atoms with Crippen LogP contribution in [0.2, 0.25) is 0 Å². The van der Waals surface area contributed by atoms with Gasteiger partial charge in [-0.3, -0.25) is 4.98 Å². The fourth-order valence-electron chi connectivity index (χ4n) is 4.27. The Morgan fingerprint density at radius 1 is 0.867 bits per heavy atom. The van der Waals surface area contributed by atoms with Crippen molar-refractivity contribution in [3.8, 4) is 17.3 Å². The molecule has 0 bridgehead atoms. The van der Waals surface area contributed by atoms with Crippen LogP contribution >= 0.6 is 0 Å². The Balaban J connectivity index is 2.00. The Bertz CT molecular complexity index is 1480. The lowest BCUT2D eigenvalue weighted by Gasteiger charge is -2.26. The number of rotatable bonds is 1. The fourth-order valence-corrected chi connectivity index (χ4v) is 4.27. The first-order chi connectivity index (χ1) is 14.6. The molecule has 4 aromatic rings. The molecule has 0 radical (unpaired) electrons. The molecule has 0 N–H and O–H groups in total. The number of hydrogen-bond donors (Lipinski definition) is 0. The van der Waals surface area contributed by atoms with Gasteiger partial charge < -0.3 is 0 Å². The number of fused-ring (bicyclic) bond motifs is 8. The van der Waals surface area contributed by atoms with Gasteiger partial charge in [0.1, 0.15) is 11.8 Å². The van der Waals surface area contributed by atoms with Gasteiger partial charge in [-0.25, -0.2) is 4.99 Å². The lowest BCUT2D eigenvalue weighted by atomic mass is 9.79. The number of allylic oxidation sites excluding steroid dienone is 3. The van der Waals surface area contributed by atoms with E-state index in [1.54, 1.807) is 0 Å². The number of pyridine rings is 1. The molecule has 142 valence electrons. The van der Waals surface area contributed by atoms with Gasteiger partial charge in [-0.05, 0) is 53.1 Å². The molecule has 1 aliphatic rings. The van der Waals surface area contributed by atoms with E-state index in [0.29, 0.717) is 11.4 Å². The molecule has 5 rings (SSSR count). The first-order valence-electron chi connectivity index (χ1n) is 9.87. The summed E-state index contributed by atoms with van der Waals surface area (Å²) in [5.41, 5.74) is 6.73. The van der Waals surface area contributed by atoms with Crippen LogP contribution in [0.4, 0.5) is 0 Å². The summed E-state index contributed by atoms with van der Waals surface area (Å²) < 4.78 is 0. The number of nitriles is 1. The van der Waals surface area contributed by atoms with E-state index in [1.165, 1.54) is 10.8 Å². The van der Waals surface area contributed by atoms with Crippen LogP contribution in [-0.4, -0.2) is 10.7 Å². The highest BCUT2D eigenvalue weighted by atomic mass is 14.8. The number of hydrogen-bond acceptors (Lipinski definition) is 3. The number of benzene rings is 3. The van der Waals surface area contributed by atoms with Gasteiger partial charge in [0.25, 0.3) is 0 Å². The Morgan fingerprint density at radius 2 is 1.47 bits per heavy atom. The van der Waals surface area contributed by atoms with Crippen LogP contribution in [-0.2, 0) is 0 Å². The second-order valence-corrected chi connectivity index (χ2v) is 7.64. The number of aromatic nitrogens is 1. The summed E-state index contributed by atoms with van der Waals surface area (Å²) in [4.78, 5) is 9.52. The molecule has 3 aromatic carbocycles. The van der Waals surface area contributed by atoms with E-state index in [2.05, 4.69) is 55.1 Å². The van der Waals surface area contributed by atoms with Crippen LogP contribution in [0.5, 0.6) is 0 Å². The zero-order valence-electron chi connectivity index (χ0n) is 16.9. The van der Waals surface area contributed by atoms with Crippen molar-refractivity contribution >= 4 is 32.8 Å². The van der Waals surface area contributed by atoms with Gasteiger partial charge in [0.15, 0.2) is 0 Å². The molecule has 0 unspecified atom stereocenters. The second-order valence-electron chi connectivity index (χ2n) is 7.64. The Hall–Kier alpha value is -4.03. The van der Waals surface area contributed by atoms with Gasteiger partial charge in [0, 0.05) is 28.5 Å². The molecule has 0 aliphatic heterocycles. The highest BCUT2D eigenvalue weighted by molar-refractivity contribution is 6.40. The summed E-state index contributed by atoms with van der Waals surface area (Å²) in [5, 5.41) is 14.2. The first-order valence-corrected chi connectivity index (χ1v) is 9.87. The maximum atomic E-state index is 9.61. The van der Waals surface area contributed by atoms with E-state index in [4.69, 9.17) is 9.98 Å². The molecule has 0 amide bonds. The van der Waals surface area contributed by atoms with Crippen LogP contribution in [0.3, 0.4) is 0 Å². The van der Waals surface area contributed by atoms with Crippen LogP contribution in [0.1, 0.15) is 25.0 Å². The van der Waals surface area contributed by atoms with Crippen molar-refractivity contribution in [2.45, 2.75) is 13.8 Å². The quantitative estimate of drug-likeness (QED) is 0.271. The summed E-state index contributed by atoms with van der Waals surface area (Å²) >= 11 is 0. The average Bonchev–Trinajstić information content (AvgIpc) is 2.78. The summed E-state index contributed by atoms with van der Waals surface area (Å²) in [7, 11) is 0. The molecule has 0 saturated heterocycles. The average molecular weight is 385 g/mol. The smallest absolute Gasteiger partial charge is 0.139 e. The molecule has 3 heteroatoms. The molecular weight excluding hydrogens is 366 g/mol. The molecule has 3 nitrogen and oxygen atoms in total. The summed E-state index contributed by atoms with van der Waals surface area (Å²) in [6.07, 6.45) is 1.81. The van der Waals surface area contributed by atoms with Crippen LogP contribution < -0.4 is 0 Å². The predicted molar refractivity (Wildman–Crippen MR) is 124 cm³/mol. The van der Waals surface area contributed by atoms with Crippen molar-refractivity contribution < 1.29 is 0 Å². The first kappa shape index (κ1) is 18.0. The van der Waals surface area contributed by atoms with E-state index >= 15 is 0 Å². The molecule has 0 saturated carbocycles. The lowest BCUT2D eigenvalue weighted by molar-refractivity contribution is 1.24. The Labute approximate surface area is 175 Å². The van der Waals surface area contributed by atoms with Gasteiger partial charge in [-0.1, -0.05) is 55.1 Å². The summed E-state index contributed by atoms with van der Waals surface area (Å²) in [6.45, 7) is 8.24. The second kappa shape index (κ2) is 6.79. The Morgan fingerprint density at radius 3 is 2.07 bits per heavy atom. The minimum Gasteiger partial charge on any atom is -0.256 e. The van der Waals surface area contributed by atoms with Crippen LogP contribution in [0.15, 0.2) is 89.7 Å². The highest BCUT2D eigenvalue weighted by Crippen LogP contribution is 2.46. The van der Waals surface area contributed by atoms with E-state index < -0.39 is 0 Å². The van der Waals surface area contributed by atoms with Crippen molar-refractivity contribution in [1.82, 2.24) is 4.98 Å². The third kappa shape index (κ3) is 2.51. The zero-order chi connectivity index (χ0) is 20.8. The van der Waals surface area contributed by atoms with E-state index in [-0.39, 0.29) is 0 Å². The topological polar surface area (TPSA) is 49.0 Å². The monoisotopic (exact) mass is 385 g/mol. The number of aliphatic imine (C=N–C) groups is 1. The summed E-state index contributed by atoms with van der Waals surface area (Å²) in [6, 6.07) is 23.0. The highest BCUT2D eigenvalue weighted by Gasteiger charge is 2.29. The van der Waals surface area contributed by atoms with Gasteiger partial charge in [0.2, 0.25) is 0 Å². The van der Waals surface area contributed by atoms with E-state index in [9.17, 15) is 5.26 Å². The SMILES string of the molecule is C=C1C(=NC(C#N)=C(C)C)c2cccnc2-c2c1c1ccccc1c1ccccc21. The molecule has 1 aromatic heterocycles. The van der Waals surface area contributed by atoms with Gasteiger partial charge in [-0.2, -0.15) is 5.26 Å². The van der Waals surface area contributed by atoms with E-state index in [1.807, 2.05) is 38.2 Å². The third-order valence-electron chi connectivity index (χ3n) is 5.62. The largest absolute Gasteiger partial charge is 0.256 e. The zero-order valence-corrected chi connectivity index (χ0v) is 16.9. The summed E-state index contributed by atoms with van der Waals surface area (Å²) in [5.74, 6) is 0. The van der Waals surface area contributed by atoms with Crippen molar-refractivity contribution in [2.75, 3.05) is 0 Å². The van der Waals surface area contributed by atoms with Crippen molar-refractivity contribution in [2.24, 2.45) is 4.99 Å². The van der Waals surface area contributed by atoms with E-state index in [0.717, 1.165) is 44.3 Å². The standard InChI is InChI=1S/C27H19N3/c1-16(2)23(15-28)30-26-17(3)24-20-11-6-4-9-18(20)19-10-5-7-12-21(19)25(24)27-22(26)13-8-14-29-27/h4-14H,3H2,1-2H3. The minimum atomic E-state index is 0.412. The lowest BCUT2D eigenvalue weighted by Crippen LogP contribution is -2.14. The maximum absolute atomic E-state index is 9.61. The Kier molecular flexibility index (Phi) is 4.08.